The van der Waals surface area contributed by atoms with Gasteiger partial charge in [-0.25, -0.2) is 0 Å². The fraction of sp³-hybridized carbons (Fsp3) is 0.833. The highest BCUT2D eigenvalue weighted by Crippen LogP contribution is 2.21. The largest absolute Gasteiger partial charge is 0.382 e. The number of piperidine rings is 1. The standard InChI is InChI=1S/C18H31N3O5/c1-13(2)21-11-14(10-16(21)22)18(24)19-15-4-6-20(7-5-15)17(23)12-26-9-8-25-3/h13-15H,4-12H2,1-3H3,(H,19,24). The van der Waals surface area contributed by atoms with Gasteiger partial charge in [-0.2, -0.15) is 0 Å². The van der Waals surface area contributed by atoms with Crippen molar-refractivity contribution in [2.75, 3.05) is 46.6 Å². The van der Waals surface area contributed by atoms with Gasteiger partial charge in [0.25, 0.3) is 0 Å². The summed E-state index contributed by atoms with van der Waals surface area (Å²) in [6, 6.07) is 0.185. The first-order valence-corrected chi connectivity index (χ1v) is 9.36. The molecule has 2 aliphatic heterocycles. The summed E-state index contributed by atoms with van der Waals surface area (Å²) in [5.74, 6) is -0.290. The number of nitrogens with zero attached hydrogens (tertiary/aromatic N) is 2. The molecule has 8 nitrogen and oxygen atoms in total. The van der Waals surface area contributed by atoms with E-state index >= 15 is 0 Å². The van der Waals surface area contributed by atoms with Crippen molar-refractivity contribution < 1.29 is 23.9 Å². The lowest BCUT2D eigenvalue weighted by Crippen LogP contribution is -2.48. The molecule has 3 amide bonds. The molecule has 2 aliphatic rings. The number of hydrogen-bond donors (Lipinski definition) is 1. The van der Waals surface area contributed by atoms with E-state index < -0.39 is 0 Å². The van der Waals surface area contributed by atoms with Gasteiger partial charge in [0, 0.05) is 45.2 Å². The molecular weight excluding hydrogens is 338 g/mol. The zero-order chi connectivity index (χ0) is 19.1. The maximum absolute atomic E-state index is 12.4. The van der Waals surface area contributed by atoms with Gasteiger partial charge < -0.3 is 24.6 Å². The average molecular weight is 369 g/mol. The minimum Gasteiger partial charge on any atom is -0.382 e. The topological polar surface area (TPSA) is 88.2 Å². The third-order valence-electron chi connectivity index (χ3n) is 5.00. The van der Waals surface area contributed by atoms with Gasteiger partial charge in [0.1, 0.15) is 6.61 Å². The van der Waals surface area contributed by atoms with E-state index in [-0.39, 0.29) is 42.3 Å². The third kappa shape index (κ3) is 5.67. The van der Waals surface area contributed by atoms with Crippen molar-refractivity contribution in [3.8, 4) is 0 Å². The SMILES string of the molecule is COCCOCC(=O)N1CCC(NC(=O)C2CC(=O)N(C(C)C)C2)CC1. The summed E-state index contributed by atoms with van der Waals surface area (Å²) in [7, 11) is 1.59. The van der Waals surface area contributed by atoms with Crippen LogP contribution in [0.1, 0.15) is 33.1 Å². The van der Waals surface area contributed by atoms with E-state index in [1.165, 1.54) is 0 Å². The van der Waals surface area contributed by atoms with Crippen LogP contribution in [0.4, 0.5) is 0 Å². The Morgan fingerprint density at radius 2 is 1.92 bits per heavy atom. The molecule has 26 heavy (non-hydrogen) atoms. The summed E-state index contributed by atoms with van der Waals surface area (Å²) in [5, 5.41) is 3.06. The Morgan fingerprint density at radius 1 is 1.23 bits per heavy atom. The number of methoxy groups -OCH3 is 1. The Hall–Kier alpha value is -1.67. The third-order valence-corrected chi connectivity index (χ3v) is 5.00. The van der Waals surface area contributed by atoms with Gasteiger partial charge in [0.15, 0.2) is 0 Å². The number of carbonyl (C=O) groups excluding carboxylic acids is 3. The fourth-order valence-electron chi connectivity index (χ4n) is 3.39. The average Bonchev–Trinajstić information content (AvgIpc) is 3.01. The minimum atomic E-state index is -0.265. The van der Waals surface area contributed by atoms with Crippen molar-refractivity contribution in [2.45, 2.75) is 45.2 Å². The molecule has 148 valence electrons. The van der Waals surface area contributed by atoms with Gasteiger partial charge in [-0.05, 0) is 26.7 Å². The van der Waals surface area contributed by atoms with Crippen LogP contribution in [-0.4, -0.2) is 86.2 Å². The number of rotatable bonds is 8. The van der Waals surface area contributed by atoms with Gasteiger partial charge in [-0.1, -0.05) is 0 Å². The van der Waals surface area contributed by atoms with E-state index in [9.17, 15) is 14.4 Å². The van der Waals surface area contributed by atoms with E-state index in [4.69, 9.17) is 9.47 Å². The number of amides is 3. The van der Waals surface area contributed by atoms with Crippen molar-refractivity contribution in [2.24, 2.45) is 5.92 Å². The molecule has 2 heterocycles. The number of ether oxygens (including phenoxy) is 2. The lowest BCUT2D eigenvalue weighted by atomic mass is 10.0. The molecule has 0 aromatic carbocycles. The van der Waals surface area contributed by atoms with Crippen LogP contribution in [0.3, 0.4) is 0 Å². The van der Waals surface area contributed by atoms with Crippen LogP contribution in [0.2, 0.25) is 0 Å². The maximum Gasteiger partial charge on any atom is 0.248 e. The minimum absolute atomic E-state index is 0.0279. The van der Waals surface area contributed by atoms with Crippen LogP contribution < -0.4 is 5.32 Å². The monoisotopic (exact) mass is 369 g/mol. The van der Waals surface area contributed by atoms with Crippen LogP contribution in [0.15, 0.2) is 0 Å². The summed E-state index contributed by atoms with van der Waals surface area (Å²) in [5.41, 5.74) is 0. The number of carbonyl (C=O) groups is 3. The Bertz CT molecular complexity index is 503. The van der Waals surface area contributed by atoms with Gasteiger partial charge >= 0.3 is 0 Å². The molecular formula is C18H31N3O5. The zero-order valence-corrected chi connectivity index (χ0v) is 16.0. The van der Waals surface area contributed by atoms with E-state index in [1.807, 2.05) is 13.8 Å². The Kier molecular flexibility index (Phi) is 7.84. The van der Waals surface area contributed by atoms with Gasteiger partial charge in [-0.15, -0.1) is 0 Å². The lowest BCUT2D eigenvalue weighted by Gasteiger charge is -2.32. The van der Waals surface area contributed by atoms with Crippen LogP contribution in [0.5, 0.6) is 0 Å². The summed E-state index contributed by atoms with van der Waals surface area (Å²) in [4.78, 5) is 40.0. The summed E-state index contributed by atoms with van der Waals surface area (Å²) < 4.78 is 10.1. The van der Waals surface area contributed by atoms with Crippen molar-refractivity contribution in [3.05, 3.63) is 0 Å². The molecule has 0 bridgehead atoms. The van der Waals surface area contributed by atoms with E-state index in [0.29, 0.717) is 39.3 Å². The van der Waals surface area contributed by atoms with Crippen LogP contribution in [0, 0.1) is 5.92 Å². The highest BCUT2D eigenvalue weighted by atomic mass is 16.5. The smallest absolute Gasteiger partial charge is 0.248 e. The van der Waals surface area contributed by atoms with E-state index in [0.717, 1.165) is 12.8 Å². The Labute approximate surface area is 155 Å². The first-order valence-electron chi connectivity index (χ1n) is 9.36. The predicted octanol–water partition coefficient (Wildman–Crippen LogP) is 0.0135. The first-order chi connectivity index (χ1) is 12.4. The molecule has 2 rings (SSSR count). The van der Waals surface area contributed by atoms with Gasteiger partial charge in [0.2, 0.25) is 17.7 Å². The molecule has 0 spiro atoms. The summed E-state index contributed by atoms with van der Waals surface area (Å²) >= 11 is 0. The molecule has 0 radical (unpaired) electrons. The number of nitrogens with one attached hydrogen (secondary N) is 1. The highest BCUT2D eigenvalue weighted by molar-refractivity contribution is 5.89. The molecule has 0 saturated carbocycles. The number of likely N-dealkylation sites (tertiary alicyclic amines) is 2. The molecule has 1 N–H and O–H groups in total. The molecule has 0 aliphatic carbocycles. The molecule has 2 fully saturated rings. The van der Waals surface area contributed by atoms with Crippen LogP contribution in [0.25, 0.3) is 0 Å². The Balaban J connectivity index is 1.69. The fourth-order valence-corrected chi connectivity index (χ4v) is 3.39. The van der Waals surface area contributed by atoms with Crippen molar-refractivity contribution in [1.82, 2.24) is 15.1 Å². The molecule has 1 unspecified atom stereocenters. The predicted molar refractivity (Wildman–Crippen MR) is 95.4 cm³/mol. The lowest BCUT2D eigenvalue weighted by molar-refractivity contribution is -0.137. The highest BCUT2D eigenvalue weighted by Gasteiger charge is 2.36. The second-order valence-electron chi connectivity index (χ2n) is 7.25. The van der Waals surface area contributed by atoms with Gasteiger partial charge in [0.05, 0.1) is 19.1 Å². The quantitative estimate of drug-likeness (QED) is 0.609. The molecule has 0 aromatic rings. The first kappa shape index (κ1) is 20.6. The van der Waals surface area contributed by atoms with Crippen molar-refractivity contribution in [3.63, 3.8) is 0 Å². The zero-order valence-electron chi connectivity index (χ0n) is 16.0. The van der Waals surface area contributed by atoms with Crippen LogP contribution in [-0.2, 0) is 23.9 Å². The van der Waals surface area contributed by atoms with Crippen LogP contribution >= 0.6 is 0 Å². The Morgan fingerprint density at radius 3 is 2.50 bits per heavy atom. The molecule has 1 atom stereocenters. The molecule has 8 heteroatoms. The second kappa shape index (κ2) is 9.87. The van der Waals surface area contributed by atoms with E-state index in [1.54, 1.807) is 16.9 Å². The normalized spacial score (nSPS) is 21.5. The maximum atomic E-state index is 12.4. The van der Waals surface area contributed by atoms with Gasteiger partial charge in [-0.3, -0.25) is 14.4 Å². The van der Waals surface area contributed by atoms with Crippen molar-refractivity contribution in [1.29, 1.82) is 0 Å². The summed E-state index contributed by atoms with van der Waals surface area (Å²) in [6.07, 6.45) is 1.74. The summed E-state index contributed by atoms with van der Waals surface area (Å²) in [6.45, 7) is 6.59. The van der Waals surface area contributed by atoms with E-state index in [2.05, 4.69) is 5.32 Å². The second-order valence-corrected chi connectivity index (χ2v) is 7.25. The molecule has 0 aromatic heterocycles. The molecule has 2 saturated heterocycles. The number of hydrogen-bond acceptors (Lipinski definition) is 5. The van der Waals surface area contributed by atoms with Crippen molar-refractivity contribution >= 4 is 17.7 Å².